The van der Waals surface area contributed by atoms with Gasteiger partial charge in [0.25, 0.3) is 5.91 Å². The summed E-state index contributed by atoms with van der Waals surface area (Å²) in [5.41, 5.74) is 8.18. The van der Waals surface area contributed by atoms with Crippen LogP contribution in [0.3, 0.4) is 0 Å². The number of hydrogen-bond acceptors (Lipinski definition) is 12. The van der Waals surface area contributed by atoms with Crippen LogP contribution < -0.4 is 15.6 Å². The average molecular weight is 898 g/mol. The van der Waals surface area contributed by atoms with Crippen LogP contribution in [0.2, 0.25) is 0 Å². The van der Waals surface area contributed by atoms with Crippen molar-refractivity contribution in [3.8, 4) is 11.3 Å². The van der Waals surface area contributed by atoms with Crippen molar-refractivity contribution in [2.24, 2.45) is 17.3 Å². The monoisotopic (exact) mass is 898 g/mol. The number of anilines is 1. The van der Waals surface area contributed by atoms with Crippen LogP contribution in [0, 0.1) is 17.3 Å². The molecule has 6 bridgehead atoms. The Bertz CT molecular complexity index is 2280. The van der Waals surface area contributed by atoms with Gasteiger partial charge in [-0.25, -0.2) is 10.4 Å². The summed E-state index contributed by atoms with van der Waals surface area (Å²) in [7, 11) is 3.28. The maximum Gasteiger partial charge on any atom is 0.324 e. The molecule has 3 aromatic rings. The fourth-order valence-electron chi connectivity index (χ4n) is 9.96. The van der Waals surface area contributed by atoms with Crippen LogP contribution in [0.5, 0.6) is 0 Å². The predicted molar refractivity (Wildman–Crippen MR) is 245 cm³/mol. The molecule has 352 valence electrons. The number of aromatic nitrogens is 3. The summed E-state index contributed by atoms with van der Waals surface area (Å²) in [5.74, 6) is -1.89. The zero-order valence-corrected chi connectivity index (χ0v) is 39.3. The Kier molecular flexibility index (Phi) is 14.6. The van der Waals surface area contributed by atoms with Gasteiger partial charge in [-0.05, 0) is 75.8 Å². The van der Waals surface area contributed by atoms with Gasteiger partial charge in [-0.3, -0.25) is 34.0 Å². The molecule has 4 amide bonds. The number of hydrogen-bond donors (Lipinski definition) is 2. The Morgan fingerprint density at radius 3 is 2.62 bits per heavy atom. The summed E-state index contributed by atoms with van der Waals surface area (Å²) in [6.45, 7) is 18.6. The zero-order chi connectivity index (χ0) is 46.7. The van der Waals surface area contributed by atoms with Crippen molar-refractivity contribution in [3.05, 3.63) is 54.4 Å². The fourth-order valence-corrected chi connectivity index (χ4v) is 9.96. The van der Waals surface area contributed by atoms with Crippen LogP contribution in [0.15, 0.2) is 43.1 Å². The van der Waals surface area contributed by atoms with Crippen LogP contribution in [-0.2, 0) is 51.1 Å². The Hall–Kier alpha value is -5.39. The van der Waals surface area contributed by atoms with Crippen molar-refractivity contribution in [1.29, 1.82) is 0 Å². The molecule has 0 aromatic carbocycles. The molecule has 4 aliphatic heterocycles. The number of nitrogens with one attached hydrogen (secondary N) is 2. The van der Waals surface area contributed by atoms with Gasteiger partial charge in [0.15, 0.2) is 0 Å². The number of fused-ring (bicyclic) bond motifs is 6. The Morgan fingerprint density at radius 1 is 1.11 bits per heavy atom. The van der Waals surface area contributed by atoms with Crippen molar-refractivity contribution in [1.82, 2.24) is 40.1 Å². The molecule has 3 fully saturated rings. The summed E-state index contributed by atoms with van der Waals surface area (Å²) >= 11 is 0. The molecule has 3 saturated heterocycles. The molecule has 0 spiro atoms. The third-order valence-electron chi connectivity index (χ3n) is 13.4. The Labute approximate surface area is 382 Å². The van der Waals surface area contributed by atoms with Crippen molar-refractivity contribution < 1.29 is 38.2 Å². The highest BCUT2D eigenvalue weighted by molar-refractivity contribution is 5.94. The summed E-state index contributed by atoms with van der Waals surface area (Å²) in [4.78, 5) is 84.6. The minimum atomic E-state index is -1.07. The molecular weight excluding hydrogens is 831 g/mol. The Balaban J connectivity index is 1.24. The molecular formula is C48H67N9O8. The molecule has 6 atom stereocenters. The number of cyclic esters (lactones) is 1. The van der Waals surface area contributed by atoms with Crippen molar-refractivity contribution in [3.63, 3.8) is 0 Å². The predicted octanol–water partition coefficient (Wildman–Crippen LogP) is 4.04. The molecule has 7 heterocycles. The third-order valence-corrected chi connectivity index (χ3v) is 13.4. The number of rotatable bonds is 10. The van der Waals surface area contributed by atoms with E-state index in [1.54, 1.807) is 25.3 Å². The number of carbonyl (C=O) groups excluding carboxylic acids is 5. The van der Waals surface area contributed by atoms with E-state index in [2.05, 4.69) is 59.7 Å². The van der Waals surface area contributed by atoms with Crippen LogP contribution in [0.25, 0.3) is 22.3 Å². The number of likely N-dealkylation sites (N-methyl/N-ethyl adjacent to an activating group) is 1. The second-order valence-electron chi connectivity index (χ2n) is 19.0. The van der Waals surface area contributed by atoms with E-state index in [0.29, 0.717) is 65.0 Å². The van der Waals surface area contributed by atoms with Gasteiger partial charge < -0.3 is 38.8 Å². The highest BCUT2D eigenvalue weighted by atomic mass is 16.5. The summed E-state index contributed by atoms with van der Waals surface area (Å²) < 4.78 is 20.5. The van der Waals surface area contributed by atoms with E-state index in [1.807, 2.05) is 32.9 Å². The van der Waals surface area contributed by atoms with Crippen LogP contribution in [0.4, 0.5) is 5.82 Å². The average Bonchev–Trinajstić information content (AvgIpc) is 3.92. The third kappa shape index (κ3) is 10.1. The lowest BCUT2D eigenvalue weighted by molar-refractivity contribution is -0.156. The maximum atomic E-state index is 14.7. The molecule has 65 heavy (non-hydrogen) atoms. The van der Waals surface area contributed by atoms with Gasteiger partial charge in [0.1, 0.15) is 23.9 Å². The molecule has 3 aromatic heterocycles. The van der Waals surface area contributed by atoms with Gasteiger partial charge in [0.05, 0.1) is 53.8 Å². The largest absolute Gasteiger partial charge is 0.464 e. The van der Waals surface area contributed by atoms with E-state index in [-0.39, 0.29) is 43.4 Å². The minimum absolute atomic E-state index is 0.111. The highest BCUT2D eigenvalue weighted by Gasteiger charge is 2.41. The van der Waals surface area contributed by atoms with Gasteiger partial charge in [0.2, 0.25) is 17.7 Å². The number of nitrogens with zero attached hydrogens (tertiary/aromatic N) is 7. The molecule has 0 saturated carbocycles. The molecule has 2 N–H and O–H groups in total. The van der Waals surface area contributed by atoms with Crippen LogP contribution in [0.1, 0.15) is 84.6 Å². The normalized spacial score (nSPS) is 23.7. The van der Waals surface area contributed by atoms with E-state index in [0.717, 1.165) is 39.4 Å². The SMILES string of the molecule is C=CC(=O)N1CC[C@H](C(=O)N(C)C(C(=O)N[C@H]2C[C@@H]3CN(CCO3)c3ccc4c(n3)c(c(-c3cccnc3[C@H](C)OC)n4CC)CC(C)(C)COC(=O)[C@@H]3CCCN(N3)C2=O)C(C)C)C1. The van der Waals surface area contributed by atoms with Crippen LogP contribution in [-0.4, -0.2) is 143 Å². The number of morpholine rings is 1. The topological polar surface area (TPSA) is 181 Å². The van der Waals surface area contributed by atoms with Crippen LogP contribution >= 0.6 is 0 Å². The standard InChI is InChI=1S/C48H67N9O8/c1-10-39(58)55-21-18-31(26-55)45(60)53(8)42(29(3)4)44(59)50-36-24-32-27-54(22-23-64-32)38-17-16-37-41(51-38)34(43(56(37)11-2)33-14-12-19-49-40(33)30(5)63-9)25-48(6,7)28-65-47(62)35-15-13-20-57(52-35)46(36)61/h10,12,14,16-17,19,29-32,35-36,42,52H,1,11,13,15,18,20-28H2,2-9H3,(H,50,59)/t30-,31-,32+,35-,36-,42?/m0/s1. The molecule has 1 unspecified atom stereocenters. The number of esters is 1. The second-order valence-corrected chi connectivity index (χ2v) is 19.0. The number of methoxy groups -OCH3 is 1. The van der Waals surface area contributed by atoms with E-state index in [1.165, 1.54) is 16.0 Å². The lowest BCUT2D eigenvalue weighted by Crippen LogP contribution is -2.62. The van der Waals surface area contributed by atoms with E-state index in [4.69, 9.17) is 24.2 Å². The van der Waals surface area contributed by atoms with Gasteiger partial charge in [0, 0.05) is 82.6 Å². The number of amides is 4. The minimum Gasteiger partial charge on any atom is -0.464 e. The Morgan fingerprint density at radius 2 is 1.89 bits per heavy atom. The number of hydrazine groups is 1. The number of pyridine rings is 2. The van der Waals surface area contributed by atoms with E-state index >= 15 is 0 Å². The first-order chi connectivity index (χ1) is 31.0. The smallest absolute Gasteiger partial charge is 0.324 e. The number of carbonyl (C=O) groups is 5. The molecule has 17 nitrogen and oxygen atoms in total. The van der Waals surface area contributed by atoms with Gasteiger partial charge in [-0.2, -0.15) is 0 Å². The van der Waals surface area contributed by atoms with Gasteiger partial charge >= 0.3 is 5.97 Å². The number of aryl methyl sites for hydroxylation is 1. The molecule has 0 aliphatic carbocycles. The maximum absolute atomic E-state index is 14.7. The molecule has 17 heteroatoms. The van der Waals surface area contributed by atoms with Crippen molar-refractivity contribution in [2.75, 3.05) is 65.0 Å². The summed E-state index contributed by atoms with van der Waals surface area (Å²) in [6, 6.07) is 5.37. The van der Waals surface area contributed by atoms with Crippen molar-refractivity contribution >= 4 is 46.4 Å². The first-order valence-electron chi connectivity index (χ1n) is 23.1. The summed E-state index contributed by atoms with van der Waals surface area (Å²) in [5, 5.41) is 4.46. The van der Waals surface area contributed by atoms with E-state index < -0.39 is 53.3 Å². The quantitative estimate of drug-likeness (QED) is 0.221. The number of ether oxygens (including phenoxy) is 3. The van der Waals surface area contributed by atoms with Gasteiger partial charge in [-0.1, -0.05) is 34.3 Å². The lowest BCUT2D eigenvalue weighted by atomic mass is 9.85. The molecule has 0 radical (unpaired) electrons. The van der Waals surface area contributed by atoms with E-state index in [9.17, 15) is 24.0 Å². The fraction of sp³-hybridized carbons (Fsp3) is 0.604. The zero-order valence-electron chi connectivity index (χ0n) is 39.3. The molecule has 7 rings (SSSR count). The lowest BCUT2D eigenvalue weighted by Gasteiger charge is -2.39. The first kappa shape index (κ1) is 47.6. The summed E-state index contributed by atoms with van der Waals surface area (Å²) in [6.07, 6.45) is 4.38. The second kappa shape index (κ2) is 20.0. The number of likely N-dealkylation sites (tertiary alicyclic amines) is 1. The first-order valence-corrected chi connectivity index (χ1v) is 23.1. The van der Waals surface area contributed by atoms with Gasteiger partial charge in [-0.15, -0.1) is 0 Å². The highest BCUT2D eigenvalue weighted by Crippen LogP contribution is 2.41. The molecule has 4 aliphatic rings. The van der Waals surface area contributed by atoms with Crippen molar-refractivity contribution in [2.45, 2.75) is 111 Å².